The summed E-state index contributed by atoms with van der Waals surface area (Å²) in [7, 11) is -3.35. The number of fused-ring (bicyclic) bond motifs is 1. The van der Waals surface area contributed by atoms with Gasteiger partial charge in [-0.05, 0) is 58.9 Å². The molecule has 4 aromatic rings. The molecule has 194 valence electrons. The maximum absolute atomic E-state index is 13.9. The van der Waals surface area contributed by atoms with Crippen LogP contribution in [0.1, 0.15) is 34.2 Å². The lowest BCUT2D eigenvalue weighted by Crippen LogP contribution is -2.22. The van der Waals surface area contributed by atoms with Crippen LogP contribution in [0.5, 0.6) is 0 Å². The normalized spacial score (nSPS) is 18.0. The van der Waals surface area contributed by atoms with Crippen molar-refractivity contribution in [3.63, 3.8) is 0 Å². The number of sulfone groups is 1. The average Bonchev–Trinajstić information content (AvgIpc) is 2.87. The van der Waals surface area contributed by atoms with Crippen molar-refractivity contribution in [1.82, 2.24) is 4.98 Å². The molecule has 5 rings (SSSR count). The number of halogens is 4. The van der Waals surface area contributed by atoms with Crippen LogP contribution in [0.2, 0.25) is 0 Å². The van der Waals surface area contributed by atoms with Gasteiger partial charge in [0.2, 0.25) is 0 Å². The smallest absolute Gasteiger partial charge is 0.255 e. The number of aromatic nitrogens is 1. The molecule has 0 saturated carbocycles. The molecule has 3 nitrogen and oxygen atoms in total. The Kier molecular flexibility index (Phi) is 6.70. The predicted molar refractivity (Wildman–Crippen MR) is 145 cm³/mol. The summed E-state index contributed by atoms with van der Waals surface area (Å²) in [5.74, 6) is 0. The van der Waals surface area contributed by atoms with Crippen LogP contribution >= 0.6 is 11.6 Å². The Labute approximate surface area is 224 Å². The molecule has 0 aliphatic heterocycles. The van der Waals surface area contributed by atoms with E-state index in [-0.39, 0.29) is 10.4 Å². The summed E-state index contributed by atoms with van der Waals surface area (Å²) in [6.07, 6.45) is 4.29. The second kappa shape index (κ2) is 9.71. The lowest BCUT2D eigenvalue weighted by atomic mass is 9.80. The summed E-state index contributed by atoms with van der Waals surface area (Å²) in [5, 5.41) is 0.349. The van der Waals surface area contributed by atoms with E-state index in [1.165, 1.54) is 24.4 Å². The summed E-state index contributed by atoms with van der Waals surface area (Å²) in [5.41, 5.74) is 2.96. The van der Waals surface area contributed by atoms with Crippen molar-refractivity contribution in [3.05, 3.63) is 125 Å². The highest BCUT2D eigenvalue weighted by Crippen LogP contribution is 2.47. The molecule has 8 heteroatoms. The second-order valence-electron chi connectivity index (χ2n) is 9.41. The molecule has 1 aliphatic rings. The van der Waals surface area contributed by atoms with Gasteiger partial charge in [0.25, 0.3) is 0 Å². The van der Waals surface area contributed by atoms with E-state index < -0.39 is 26.5 Å². The SMILES string of the molecule is CS(=O)(=O)c1ccc(C2=CC=CC(Cl)(c3c(Cc4ccccc4)cnc4c(C(F)(F)F)cccc34)C2)cc1. The number of hydrogen-bond donors (Lipinski definition) is 0. The molecule has 1 aliphatic carbocycles. The zero-order valence-corrected chi connectivity index (χ0v) is 21.9. The Balaban J connectivity index is 1.65. The summed E-state index contributed by atoms with van der Waals surface area (Å²) in [6, 6.07) is 20.2. The molecular formula is C30H23ClF3NO2S. The van der Waals surface area contributed by atoms with E-state index in [0.29, 0.717) is 23.8 Å². The van der Waals surface area contributed by atoms with Crippen molar-refractivity contribution in [1.29, 1.82) is 0 Å². The molecule has 1 atom stereocenters. The quantitative estimate of drug-likeness (QED) is 0.238. The van der Waals surface area contributed by atoms with Crippen LogP contribution in [-0.2, 0) is 27.3 Å². The molecule has 0 bridgehead atoms. The Morgan fingerprint density at radius 3 is 2.34 bits per heavy atom. The van der Waals surface area contributed by atoms with Crippen molar-refractivity contribution >= 4 is 37.9 Å². The molecule has 0 saturated heterocycles. The minimum absolute atomic E-state index is 0.145. The van der Waals surface area contributed by atoms with Crippen molar-refractivity contribution in [2.24, 2.45) is 0 Å². The van der Waals surface area contributed by atoms with Gasteiger partial charge in [0.05, 0.1) is 20.8 Å². The Morgan fingerprint density at radius 1 is 0.974 bits per heavy atom. The molecule has 0 spiro atoms. The fourth-order valence-electron chi connectivity index (χ4n) is 4.93. The Bertz CT molecular complexity index is 1680. The van der Waals surface area contributed by atoms with Crippen LogP contribution < -0.4 is 0 Å². The summed E-state index contributed by atoms with van der Waals surface area (Å²) in [6.45, 7) is 0. The molecule has 1 aromatic heterocycles. The van der Waals surface area contributed by atoms with Gasteiger partial charge in [0.1, 0.15) is 0 Å². The van der Waals surface area contributed by atoms with E-state index in [4.69, 9.17) is 11.6 Å². The van der Waals surface area contributed by atoms with E-state index in [2.05, 4.69) is 4.98 Å². The highest BCUT2D eigenvalue weighted by atomic mass is 35.5. The Hall–Kier alpha value is -3.42. The van der Waals surface area contributed by atoms with Crippen LogP contribution in [0, 0.1) is 0 Å². The molecule has 3 aromatic carbocycles. The van der Waals surface area contributed by atoms with Crippen molar-refractivity contribution in [2.45, 2.75) is 28.8 Å². The summed E-state index contributed by atoms with van der Waals surface area (Å²) in [4.78, 5) is 3.31. The number of pyridine rings is 1. The number of alkyl halides is 4. The van der Waals surface area contributed by atoms with Crippen molar-refractivity contribution in [3.8, 4) is 0 Å². The predicted octanol–water partition coefficient (Wildman–Crippen LogP) is 7.73. The zero-order chi connectivity index (χ0) is 27.1. The molecule has 1 heterocycles. The van der Waals surface area contributed by atoms with Crippen molar-refractivity contribution in [2.75, 3.05) is 6.26 Å². The van der Waals surface area contributed by atoms with Gasteiger partial charge in [-0.15, -0.1) is 11.6 Å². The number of allylic oxidation sites excluding steroid dienone is 4. The van der Waals surface area contributed by atoms with Crippen LogP contribution in [0.4, 0.5) is 13.2 Å². The third-order valence-corrected chi connectivity index (χ3v) is 8.27. The van der Waals surface area contributed by atoms with Gasteiger partial charge < -0.3 is 0 Å². The third-order valence-electron chi connectivity index (χ3n) is 6.69. The van der Waals surface area contributed by atoms with E-state index in [9.17, 15) is 21.6 Å². The van der Waals surface area contributed by atoms with Crippen LogP contribution in [0.15, 0.2) is 102 Å². The Morgan fingerprint density at radius 2 is 1.68 bits per heavy atom. The minimum Gasteiger partial charge on any atom is -0.255 e. The van der Waals surface area contributed by atoms with Crippen LogP contribution in [-0.4, -0.2) is 19.7 Å². The topological polar surface area (TPSA) is 47.0 Å². The monoisotopic (exact) mass is 553 g/mol. The number of benzene rings is 3. The maximum Gasteiger partial charge on any atom is 0.418 e. The first-order valence-electron chi connectivity index (χ1n) is 11.9. The highest BCUT2D eigenvalue weighted by molar-refractivity contribution is 7.90. The average molecular weight is 554 g/mol. The summed E-state index contributed by atoms with van der Waals surface area (Å²) < 4.78 is 65.5. The maximum atomic E-state index is 13.9. The number of nitrogens with zero attached hydrogens (tertiary/aromatic N) is 1. The first kappa shape index (κ1) is 26.2. The molecule has 1 unspecified atom stereocenters. The number of para-hydroxylation sites is 1. The van der Waals surface area contributed by atoms with Gasteiger partial charge in [-0.25, -0.2) is 8.42 Å². The molecular weight excluding hydrogens is 531 g/mol. The first-order valence-corrected chi connectivity index (χ1v) is 14.1. The van der Waals surface area contributed by atoms with Gasteiger partial charge in [-0.1, -0.05) is 72.8 Å². The molecule has 0 fully saturated rings. The highest BCUT2D eigenvalue weighted by Gasteiger charge is 2.38. The first-order chi connectivity index (χ1) is 18.0. The number of hydrogen-bond acceptors (Lipinski definition) is 3. The van der Waals surface area contributed by atoms with Gasteiger partial charge >= 0.3 is 6.18 Å². The van der Waals surface area contributed by atoms with Gasteiger partial charge in [-0.3, -0.25) is 4.98 Å². The molecule has 0 amide bonds. The second-order valence-corrected chi connectivity index (χ2v) is 12.1. The number of rotatable bonds is 5. The minimum atomic E-state index is -4.57. The fourth-order valence-corrected chi connectivity index (χ4v) is 6.00. The van der Waals surface area contributed by atoms with Gasteiger partial charge in [0, 0.05) is 17.8 Å². The van der Waals surface area contributed by atoms with E-state index in [1.54, 1.807) is 30.4 Å². The molecule has 0 N–H and O–H groups in total. The molecule has 38 heavy (non-hydrogen) atoms. The van der Waals surface area contributed by atoms with Crippen LogP contribution in [0.3, 0.4) is 0 Å². The van der Waals surface area contributed by atoms with E-state index in [0.717, 1.165) is 34.6 Å². The van der Waals surface area contributed by atoms with Crippen molar-refractivity contribution < 1.29 is 21.6 Å². The van der Waals surface area contributed by atoms with Gasteiger partial charge in [0.15, 0.2) is 9.84 Å². The van der Waals surface area contributed by atoms with E-state index in [1.807, 2.05) is 36.4 Å². The lowest BCUT2D eigenvalue weighted by Gasteiger charge is -2.31. The van der Waals surface area contributed by atoms with Gasteiger partial charge in [-0.2, -0.15) is 13.2 Å². The van der Waals surface area contributed by atoms with Crippen LogP contribution in [0.25, 0.3) is 16.5 Å². The fraction of sp³-hybridized carbons (Fsp3) is 0.167. The zero-order valence-electron chi connectivity index (χ0n) is 20.3. The standard InChI is InChI=1S/C30H23ClF3NO2S/c1-38(36,37)24-14-12-21(13-15-24)22-9-6-16-29(31,18-22)27-23(17-20-7-3-2-4-8-20)19-35-28-25(27)10-5-11-26(28)30(32,33)34/h2-16,19H,17-18H2,1H3. The molecule has 0 radical (unpaired) electrons. The lowest BCUT2D eigenvalue weighted by molar-refractivity contribution is -0.136. The largest absolute Gasteiger partial charge is 0.418 e. The third kappa shape index (κ3) is 5.13. The summed E-state index contributed by atoms with van der Waals surface area (Å²) >= 11 is 7.33. The van der Waals surface area contributed by atoms with E-state index >= 15 is 0 Å².